The van der Waals surface area contributed by atoms with Crippen LogP contribution in [-0.4, -0.2) is 18.2 Å². The third kappa shape index (κ3) is 6.29. The Bertz CT molecular complexity index is 177. The summed E-state index contributed by atoms with van der Waals surface area (Å²) in [6, 6.07) is 0. The van der Waals surface area contributed by atoms with Crippen LogP contribution in [-0.2, 0) is 9.09 Å². The summed E-state index contributed by atoms with van der Waals surface area (Å²) in [5.41, 5.74) is 1.03. The van der Waals surface area contributed by atoms with Crippen molar-refractivity contribution in [1.29, 1.82) is 0 Å². The lowest BCUT2D eigenvalue weighted by Crippen LogP contribution is -1.91. The van der Waals surface area contributed by atoms with Gasteiger partial charge in [0.05, 0.1) is 6.16 Å². The molecule has 0 saturated carbocycles. The summed E-state index contributed by atoms with van der Waals surface area (Å²) in [6.07, 6.45) is 1.67. The summed E-state index contributed by atoms with van der Waals surface area (Å²) in [4.78, 5) is 8.94. The van der Waals surface area contributed by atoms with Crippen molar-refractivity contribution in [1.82, 2.24) is 0 Å². The minimum absolute atomic E-state index is 0.219. The lowest BCUT2D eigenvalue weighted by molar-refractivity contribution is 0.315. The van der Waals surface area contributed by atoms with Crippen LogP contribution in [0.2, 0.25) is 0 Å². The molecule has 0 aliphatic heterocycles. The van der Waals surface area contributed by atoms with E-state index in [1.807, 2.05) is 6.92 Å². The molecular formula is C7H15O3P. The normalized spacial score (nSPS) is 15.9. The Hall–Kier alpha value is -0.110. The highest BCUT2D eigenvalue weighted by atomic mass is 31.2. The fourth-order valence-electron chi connectivity index (χ4n) is 0.672. The highest BCUT2D eigenvalue weighted by molar-refractivity contribution is 7.52. The maximum absolute atomic E-state index is 10.9. The summed E-state index contributed by atoms with van der Waals surface area (Å²) >= 11 is 0. The summed E-state index contributed by atoms with van der Waals surface area (Å²) in [5.74, 6) is 0. The third-order valence-electron chi connectivity index (χ3n) is 1.33. The molecule has 0 aliphatic carbocycles. The van der Waals surface area contributed by atoms with E-state index in [1.165, 1.54) is 7.11 Å². The van der Waals surface area contributed by atoms with E-state index < -0.39 is 7.60 Å². The van der Waals surface area contributed by atoms with Gasteiger partial charge in [-0.05, 0) is 19.8 Å². The average Bonchev–Trinajstić information content (AvgIpc) is 1.87. The predicted molar refractivity (Wildman–Crippen MR) is 45.7 cm³/mol. The van der Waals surface area contributed by atoms with Crippen molar-refractivity contribution in [2.24, 2.45) is 0 Å². The highest BCUT2D eigenvalue weighted by Gasteiger charge is 2.15. The number of hydrogen-bond acceptors (Lipinski definition) is 2. The highest BCUT2D eigenvalue weighted by Crippen LogP contribution is 2.41. The fraction of sp³-hybridized carbons (Fsp3) is 0.714. The van der Waals surface area contributed by atoms with E-state index in [2.05, 4.69) is 11.1 Å². The Morgan fingerprint density at radius 3 is 2.64 bits per heavy atom. The monoisotopic (exact) mass is 178 g/mol. The Morgan fingerprint density at radius 1 is 1.73 bits per heavy atom. The van der Waals surface area contributed by atoms with Crippen molar-refractivity contribution >= 4 is 7.60 Å². The minimum atomic E-state index is -3.27. The van der Waals surface area contributed by atoms with Crippen molar-refractivity contribution in [3.63, 3.8) is 0 Å². The predicted octanol–water partition coefficient (Wildman–Crippen LogP) is 2.17. The van der Waals surface area contributed by atoms with Gasteiger partial charge in [-0.1, -0.05) is 5.57 Å². The van der Waals surface area contributed by atoms with Gasteiger partial charge in [0.25, 0.3) is 0 Å². The first-order chi connectivity index (χ1) is 4.98. The molecule has 0 fully saturated rings. The first-order valence-electron chi connectivity index (χ1n) is 3.50. The Kier molecular flexibility index (Phi) is 4.66. The van der Waals surface area contributed by atoms with E-state index in [9.17, 15) is 4.57 Å². The lowest BCUT2D eigenvalue weighted by atomic mass is 10.2. The number of hydrogen-bond donors (Lipinski definition) is 1. The zero-order valence-corrected chi connectivity index (χ0v) is 7.93. The van der Waals surface area contributed by atoms with E-state index in [0.29, 0.717) is 6.42 Å². The van der Waals surface area contributed by atoms with Crippen LogP contribution in [0.4, 0.5) is 0 Å². The Labute approximate surface area is 67.6 Å². The molecule has 0 amide bonds. The van der Waals surface area contributed by atoms with Gasteiger partial charge in [-0.2, -0.15) is 0 Å². The standard InChI is InChI=1S/C7H15O3P/c1-7(2)5-4-6-11(8,9)10-3/h1,4-6H2,2-3H3,(H,8,9). The molecule has 3 nitrogen and oxygen atoms in total. The SMILES string of the molecule is C=C(C)CCCP(=O)(O)OC. The van der Waals surface area contributed by atoms with E-state index in [4.69, 9.17) is 4.89 Å². The molecule has 0 spiro atoms. The van der Waals surface area contributed by atoms with E-state index in [0.717, 1.165) is 12.0 Å². The molecule has 66 valence electrons. The molecular weight excluding hydrogens is 163 g/mol. The molecule has 0 rings (SSSR count). The number of rotatable bonds is 5. The molecule has 0 aromatic carbocycles. The average molecular weight is 178 g/mol. The molecule has 4 heteroatoms. The largest absolute Gasteiger partial charge is 0.327 e. The minimum Gasteiger partial charge on any atom is -0.324 e. The second kappa shape index (κ2) is 4.70. The first kappa shape index (κ1) is 10.9. The Balaban J connectivity index is 3.54. The Morgan fingerprint density at radius 2 is 2.27 bits per heavy atom. The lowest BCUT2D eigenvalue weighted by Gasteiger charge is -2.07. The first-order valence-corrected chi connectivity index (χ1v) is 5.26. The van der Waals surface area contributed by atoms with Crippen LogP contribution < -0.4 is 0 Å². The van der Waals surface area contributed by atoms with Gasteiger partial charge in [-0.3, -0.25) is 4.57 Å². The van der Waals surface area contributed by atoms with Crippen molar-refractivity contribution < 1.29 is 14.0 Å². The number of allylic oxidation sites excluding steroid dienone is 1. The molecule has 1 N–H and O–H groups in total. The van der Waals surface area contributed by atoms with Gasteiger partial charge in [0.1, 0.15) is 0 Å². The molecule has 0 aromatic heterocycles. The fourth-order valence-corrected chi connectivity index (χ4v) is 1.41. The molecule has 1 atom stereocenters. The van der Waals surface area contributed by atoms with E-state index in [1.54, 1.807) is 0 Å². The van der Waals surface area contributed by atoms with Crippen LogP contribution in [0.25, 0.3) is 0 Å². The summed E-state index contributed by atoms with van der Waals surface area (Å²) < 4.78 is 15.3. The van der Waals surface area contributed by atoms with E-state index >= 15 is 0 Å². The molecule has 0 saturated heterocycles. The van der Waals surface area contributed by atoms with E-state index in [-0.39, 0.29) is 6.16 Å². The third-order valence-corrected chi connectivity index (χ3v) is 2.78. The van der Waals surface area contributed by atoms with Crippen LogP contribution in [0.1, 0.15) is 19.8 Å². The van der Waals surface area contributed by atoms with Crippen molar-refractivity contribution in [3.8, 4) is 0 Å². The van der Waals surface area contributed by atoms with Crippen molar-refractivity contribution in [2.75, 3.05) is 13.3 Å². The van der Waals surface area contributed by atoms with Crippen LogP contribution >= 0.6 is 7.60 Å². The molecule has 0 bridgehead atoms. The summed E-state index contributed by atoms with van der Waals surface area (Å²) in [7, 11) is -2.02. The summed E-state index contributed by atoms with van der Waals surface area (Å²) in [5, 5.41) is 0. The molecule has 0 heterocycles. The summed E-state index contributed by atoms with van der Waals surface area (Å²) in [6.45, 7) is 5.59. The van der Waals surface area contributed by atoms with Gasteiger partial charge in [0.2, 0.25) is 0 Å². The topological polar surface area (TPSA) is 46.5 Å². The van der Waals surface area contributed by atoms with Gasteiger partial charge >= 0.3 is 7.60 Å². The maximum Gasteiger partial charge on any atom is 0.327 e. The van der Waals surface area contributed by atoms with Gasteiger partial charge < -0.3 is 9.42 Å². The maximum atomic E-state index is 10.9. The smallest absolute Gasteiger partial charge is 0.324 e. The second-order valence-electron chi connectivity index (χ2n) is 2.60. The quantitative estimate of drug-likeness (QED) is 0.518. The van der Waals surface area contributed by atoms with Crippen molar-refractivity contribution in [2.45, 2.75) is 19.8 Å². The van der Waals surface area contributed by atoms with Gasteiger partial charge in [0.15, 0.2) is 0 Å². The molecule has 0 aliphatic rings. The van der Waals surface area contributed by atoms with Gasteiger partial charge in [-0.15, -0.1) is 6.58 Å². The van der Waals surface area contributed by atoms with Gasteiger partial charge in [0, 0.05) is 7.11 Å². The van der Waals surface area contributed by atoms with Crippen LogP contribution in [0, 0.1) is 0 Å². The van der Waals surface area contributed by atoms with Crippen LogP contribution in [0.5, 0.6) is 0 Å². The second-order valence-corrected chi connectivity index (χ2v) is 4.69. The molecule has 11 heavy (non-hydrogen) atoms. The van der Waals surface area contributed by atoms with Crippen LogP contribution in [0.3, 0.4) is 0 Å². The van der Waals surface area contributed by atoms with Crippen LogP contribution in [0.15, 0.2) is 12.2 Å². The zero-order valence-electron chi connectivity index (χ0n) is 7.04. The van der Waals surface area contributed by atoms with Crippen molar-refractivity contribution in [3.05, 3.63) is 12.2 Å². The molecule has 0 radical (unpaired) electrons. The molecule has 0 aromatic rings. The zero-order chi connectivity index (χ0) is 8.91. The van der Waals surface area contributed by atoms with Gasteiger partial charge in [-0.25, -0.2) is 0 Å². The molecule has 1 unspecified atom stereocenters.